The lowest BCUT2D eigenvalue weighted by atomic mass is 10.1. The Bertz CT molecular complexity index is 1310. The summed E-state index contributed by atoms with van der Waals surface area (Å²) in [5, 5.41) is 17.7. The molecule has 1 aliphatic rings. The number of hydrogen-bond acceptors (Lipinski definition) is 6. The maximum Gasteiger partial charge on any atom is 0.335 e. The molecule has 0 atom stereocenters. The first-order valence-electron chi connectivity index (χ1n) is 9.55. The molecular weight excluding hydrogens is 414 g/mol. The smallest absolute Gasteiger partial charge is 0.273 e. The van der Waals surface area contributed by atoms with Crippen LogP contribution in [0.2, 0.25) is 0 Å². The largest absolute Gasteiger partial charge is 0.335 e. The molecule has 0 unspecified atom stereocenters. The fourth-order valence-electron chi connectivity index (χ4n) is 3.47. The SMILES string of the molecule is Cc1nn(-c2cccc([N+](=O)[O-])c2)c(C)c1/C=C1/C(=O)NC(=O)N(c2ccccc2)C1=O. The van der Waals surface area contributed by atoms with E-state index in [0.717, 1.165) is 4.90 Å². The highest BCUT2D eigenvalue weighted by molar-refractivity contribution is 6.39. The summed E-state index contributed by atoms with van der Waals surface area (Å²) in [5.41, 5.74) is 2.05. The Morgan fingerprint density at radius 1 is 1.00 bits per heavy atom. The fraction of sp³-hybridized carbons (Fsp3) is 0.0909. The highest BCUT2D eigenvalue weighted by Crippen LogP contribution is 2.26. The number of barbiturate groups is 1. The Morgan fingerprint density at radius 3 is 2.38 bits per heavy atom. The van der Waals surface area contributed by atoms with Gasteiger partial charge in [-0.15, -0.1) is 0 Å². The number of nitrogens with one attached hydrogen (secondary N) is 1. The molecule has 10 heteroatoms. The number of benzene rings is 2. The van der Waals surface area contributed by atoms with Crippen molar-refractivity contribution in [2.75, 3.05) is 4.90 Å². The molecule has 4 amide bonds. The van der Waals surface area contributed by atoms with Crippen molar-refractivity contribution in [2.24, 2.45) is 0 Å². The minimum atomic E-state index is -0.830. The van der Waals surface area contributed by atoms with Gasteiger partial charge in [-0.3, -0.25) is 25.0 Å². The van der Waals surface area contributed by atoms with E-state index in [0.29, 0.717) is 28.3 Å². The third-order valence-electron chi connectivity index (χ3n) is 5.04. The van der Waals surface area contributed by atoms with E-state index in [2.05, 4.69) is 10.4 Å². The number of anilines is 1. The summed E-state index contributed by atoms with van der Waals surface area (Å²) < 4.78 is 1.50. The summed E-state index contributed by atoms with van der Waals surface area (Å²) in [7, 11) is 0. The van der Waals surface area contributed by atoms with Crippen molar-refractivity contribution in [3.05, 3.63) is 87.2 Å². The third-order valence-corrected chi connectivity index (χ3v) is 5.04. The zero-order chi connectivity index (χ0) is 23.0. The van der Waals surface area contributed by atoms with Gasteiger partial charge in [-0.25, -0.2) is 14.4 Å². The first kappa shape index (κ1) is 20.7. The summed E-state index contributed by atoms with van der Waals surface area (Å²) in [6.07, 6.45) is 1.38. The van der Waals surface area contributed by atoms with Crippen molar-refractivity contribution in [3.8, 4) is 5.69 Å². The van der Waals surface area contributed by atoms with Gasteiger partial charge in [0.15, 0.2) is 0 Å². The molecule has 1 fully saturated rings. The van der Waals surface area contributed by atoms with E-state index >= 15 is 0 Å². The van der Waals surface area contributed by atoms with Crippen molar-refractivity contribution >= 4 is 35.3 Å². The number of amides is 4. The van der Waals surface area contributed by atoms with Gasteiger partial charge >= 0.3 is 6.03 Å². The summed E-state index contributed by atoms with van der Waals surface area (Å²) in [6, 6.07) is 13.4. The lowest BCUT2D eigenvalue weighted by Gasteiger charge is -2.26. The summed E-state index contributed by atoms with van der Waals surface area (Å²) in [5.74, 6) is -1.57. The molecule has 1 saturated heterocycles. The van der Waals surface area contributed by atoms with Crippen LogP contribution in [0.25, 0.3) is 11.8 Å². The van der Waals surface area contributed by atoms with Crippen LogP contribution < -0.4 is 10.2 Å². The number of nitro groups is 1. The van der Waals surface area contributed by atoms with Crippen LogP contribution in [0.1, 0.15) is 17.0 Å². The van der Waals surface area contributed by atoms with Crippen molar-refractivity contribution in [2.45, 2.75) is 13.8 Å². The molecular formula is C22H17N5O5. The van der Waals surface area contributed by atoms with Gasteiger partial charge in [0, 0.05) is 23.4 Å². The van der Waals surface area contributed by atoms with Gasteiger partial charge in [-0.05, 0) is 38.1 Å². The van der Waals surface area contributed by atoms with Crippen LogP contribution in [0.15, 0.2) is 60.2 Å². The minimum Gasteiger partial charge on any atom is -0.273 e. The fourth-order valence-corrected chi connectivity index (χ4v) is 3.47. The van der Waals surface area contributed by atoms with Gasteiger partial charge in [-0.2, -0.15) is 5.10 Å². The van der Waals surface area contributed by atoms with Crippen molar-refractivity contribution in [1.82, 2.24) is 15.1 Å². The second-order valence-electron chi connectivity index (χ2n) is 7.07. The van der Waals surface area contributed by atoms with Gasteiger partial charge in [-0.1, -0.05) is 24.3 Å². The zero-order valence-corrected chi connectivity index (χ0v) is 17.1. The summed E-state index contributed by atoms with van der Waals surface area (Å²) in [6.45, 7) is 3.41. The van der Waals surface area contributed by atoms with Gasteiger partial charge in [0.05, 0.1) is 22.0 Å². The Hall–Kier alpha value is -4.60. The molecule has 0 spiro atoms. The monoisotopic (exact) mass is 431 g/mol. The molecule has 1 aromatic heterocycles. The van der Waals surface area contributed by atoms with Crippen LogP contribution in [0.4, 0.5) is 16.2 Å². The highest BCUT2D eigenvalue weighted by atomic mass is 16.6. The third kappa shape index (κ3) is 3.54. The maximum atomic E-state index is 13.0. The molecule has 0 aliphatic carbocycles. The molecule has 4 rings (SSSR count). The molecule has 2 aromatic carbocycles. The molecule has 160 valence electrons. The average Bonchev–Trinajstić information content (AvgIpc) is 3.05. The maximum absolute atomic E-state index is 13.0. The molecule has 0 radical (unpaired) electrons. The molecule has 0 saturated carbocycles. The molecule has 32 heavy (non-hydrogen) atoms. The van der Waals surface area contributed by atoms with Crippen LogP contribution in [-0.4, -0.2) is 32.5 Å². The van der Waals surface area contributed by atoms with E-state index in [-0.39, 0.29) is 11.3 Å². The van der Waals surface area contributed by atoms with Crippen molar-refractivity contribution in [1.29, 1.82) is 0 Å². The lowest BCUT2D eigenvalue weighted by molar-refractivity contribution is -0.384. The quantitative estimate of drug-likeness (QED) is 0.293. The van der Waals surface area contributed by atoms with E-state index in [1.54, 1.807) is 56.3 Å². The van der Waals surface area contributed by atoms with Crippen LogP contribution in [-0.2, 0) is 9.59 Å². The number of aryl methyl sites for hydroxylation is 1. The number of carbonyl (C=O) groups excluding carboxylic acids is 3. The molecule has 3 aromatic rings. The Morgan fingerprint density at radius 2 is 1.69 bits per heavy atom. The number of imide groups is 2. The Kier molecular flexibility index (Phi) is 5.11. The van der Waals surface area contributed by atoms with Crippen LogP contribution in [0.3, 0.4) is 0 Å². The zero-order valence-electron chi connectivity index (χ0n) is 17.1. The van der Waals surface area contributed by atoms with Crippen molar-refractivity contribution < 1.29 is 19.3 Å². The minimum absolute atomic E-state index is 0.0891. The van der Waals surface area contributed by atoms with E-state index in [4.69, 9.17) is 0 Å². The van der Waals surface area contributed by atoms with Crippen LogP contribution >= 0.6 is 0 Å². The van der Waals surface area contributed by atoms with E-state index in [1.165, 1.54) is 22.9 Å². The highest BCUT2D eigenvalue weighted by Gasteiger charge is 2.37. The van der Waals surface area contributed by atoms with Gasteiger partial charge in [0.25, 0.3) is 17.5 Å². The molecule has 10 nitrogen and oxygen atoms in total. The lowest BCUT2D eigenvalue weighted by Crippen LogP contribution is -2.54. The summed E-state index contributed by atoms with van der Waals surface area (Å²) >= 11 is 0. The number of nitro benzene ring substituents is 1. The number of hydrogen-bond donors (Lipinski definition) is 1. The molecule has 1 aliphatic heterocycles. The van der Waals surface area contributed by atoms with Crippen molar-refractivity contribution in [3.63, 3.8) is 0 Å². The van der Waals surface area contributed by atoms with Gasteiger partial charge in [0.2, 0.25) is 0 Å². The second kappa shape index (κ2) is 7.91. The molecule has 1 N–H and O–H groups in total. The first-order chi connectivity index (χ1) is 15.3. The first-order valence-corrected chi connectivity index (χ1v) is 9.55. The second-order valence-corrected chi connectivity index (χ2v) is 7.07. The van der Waals surface area contributed by atoms with E-state index in [9.17, 15) is 24.5 Å². The standard InChI is InChI=1S/C22H17N5O5/c1-13-18(14(2)26(24-13)16-9-6-10-17(11-16)27(31)32)12-19-20(28)23-22(30)25(21(19)29)15-7-4-3-5-8-15/h3-12H,1-2H3,(H,23,28,30)/b19-12-. The number of rotatable bonds is 4. The van der Waals surface area contributed by atoms with Gasteiger partial charge in [0.1, 0.15) is 5.57 Å². The number of non-ortho nitro benzene ring substituents is 1. The predicted octanol–water partition coefficient (Wildman–Crippen LogP) is 3.06. The molecule has 2 heterocycles. The van der Waals surface area contributed by atoms with Crippen LogP contribution in [0.5, 0.6) is 0 Å². The summed E-state index contributed by atoms with van der Waals surface area (Å²) in [4.78, 5) is 49.3. The predicted molar refractivity (Wildman–Crippen MR) is 115 cm³/mol. The normalized spacial score (nSPS) is 15.2. The van der Waals surface area contributed by atoms with E-state index < -0.39 is 22.8 Å². The number of urea groups is 1. The van der Waals surface area contributed by atoms with Gasteiger partial charge < -0.3 is 0 Å². The Labute approximate surface area is 181 Å². The van der Waals surface area contributed by atoms with Crippen LogP contribution in [0, 0.1) is 24.0 Å². The Balaban J connectivity index is 1.77. The number of nitrogens with zero attached hydrogens (tertiary/aromatic N) is 4. The topological polar surface area (TPSA) is 127 Å². The number of para-hydroxylation sites is 1. The number of aromatic nitrogens is 2. The van der Waals surface area contributed by atoms with E-state index in [1.807, 2.05) is 0 Å². The molecule has 0 bridgehead atoms. The number of carbonyl (C=O) groups is 3. The average molecular weight is 431 g/mol.